The van der Waals surface area contributed by atoms with Crippen molar-refractivity contribution in [2.45, 2.75) is 19.5 Å². The molecule has 0 unspecified atom stereocenters. The standard InChI is InChI=1S/C20H21F3N6/c1-13-9-15(14-3-4-18(27-12-14)25-7-2-6-24)11-16(10-13)28-19-26-8-5-17(29-19)20(21,22)23/h3-5,8-12H,2,6-7,24H2,1H3,(H,25,27)(H,26,28,29). The minimum Gasteiger partial charge on any atom is -0.370 e. The van der Waals surface area contributed by atoms with Crippen LogP contribution in [0.1, 0.15) is 17.7 Å². The number of anilines is 3. The highest BCUT2D eigenvalue weighted by molar-refractivity contribution is 5.71. The summed E-state index contributed by atoms with van der Waals surface area (Å²) in [7, 11) is 0. The third-order valence-corrected chi connectivity index (χ3v) is 4.06. The van der Waals surface area contributed by atoms with Gasteiger partial charge in [-0.25, -0.2) is 15.0 Å². The molecule has 0 aliphatic carbocycles. The zero-order valence-corrected chi connectivity index (χ0v) is 15.8. The number of hydrogen-bond donors (Lipinski definition) is 3. The number of hydrogen-bond acceptors (Lipinski definition) is 6. The monoisotopic (exact) mass is 402 g/mol. The zero-order valence-electron chi connectivity index (χ0n) is 15.8. The molecule has 0 spiro atoms. The zero-order chi connectivity index (χ0) is 20.9. The number of halogens is 3. The van der Waals surface area contributed by atoms with E-state index >= 15 is 0 Å². The highest BCUT2D eigenvalue weighted by atomic mass is 19.4. The van der Waals surface area contributed by atoms with Crippen LogP contribution in [0.25, 0.3) is 11.1 Å². The number of nitrogens with two attached hydrogens (primary N) is 1. The Morgan fingerprint density at radius 1 is 1.03 bits per heavy atom. The lowest BCUT2D eigenvalue weighted by Crippen LogP contribution is -2.10. The molecular formula is C20H21F3N6. The SMILES string of the molecule is Cc1cc(Nc2nccc(C(F)(F)F)n2)cc(-c2ccc(NCCCN)nc2)c1. The molecule has 2 heterocycles. The summed E-state index contributed by atoms with van der Waals surface area (Å²) < 4.78 is 38.6. The van der Waals surface area contributed by atoms with Crippen LogP contribution in [0.3, 0.4) is 0 Å². The fraction of sp³-hybridized carbons (Fsp3) is 0.250. The Morgan fingerprint density at radius 2 is 1.86 bits per heavy atom. The smallest absolute Gasteiger partial charge is 0.370 e. The first-order chi connectivity index (χ1) is 13.8. The lowest BCUT2D eigenvalue weighted by Gasteiger charge is -2.11. The van der Waals surface area contributed by atoms with Gasteiger partial charge in [0.15, 0.2) is 0 Å². The molecule has 0 radical (unpaired) electrons. The summed E-state index contributed by atoms with van der Waals surface area (Å²) in [6.07, 6.45) is -0.851. The van der Waals surface area contributed by atoms with E-state index in [2.05, 4.69) is 25.6 Å². The third kappa shape index (κ3) is 5.64. The van der Waals surface area contributed by atoms with E-state index < -0.39 is 11.9 Å². The normalized spacial score (nSPS) is 11.3. The van der Waals surface area contributed by atoms with Gasteiger partial charge in [0, 0.05) is 30.2 Å². The van der Waals surface area contributed by atoms with Crippen molar-refractivity contribution in [3.63, 3.8) is 0 Å². The predicted octanol–water partition coefficient (Wildman–Crippen LogP) is 4.37. The van der Waals surface area contributed by atoms with Crippen LogP contribution >= 0.6 is 0 Å². The molecule has 4 N–H and O–H groups in total. The van der Waals surface area contributed by atoms with Crippen LogP contribution < -0.4 is 16.4 Å². The van der Waals surface area contributed by atoms with Crippen LogP contribution in [0, 0.1) is 6.92 Å². The maximum Gasteiger partial charge on any atom is 0.433 e. The van der Waals surface area contributed by atoms with E-state index in [9.17, 15) is 13.2 Å². The summed E-state index contributed by atoms with van der Waals surface area (Å²) in [6.45, 7) is 3.26. The molecule has 6 nitrogen and oxygen atoms in total. The van der Waals surface area contributed by atoms with Crippen LogP contribution in [0.5, 0.6) is 0 Å². The second-order valence-corrected chi connectivity index (χ2v) is 6.48. The van der Waals surface area contributed by atoms with Gasteiger partial charge < -0.3 is 16.4 Å². The minimum absolute atomic E-state index is 0.117. The molecule has 0 aliphatic rings. The van der Waals surface area contributed by atoms with Crippen molar-refractivity contribution in [3.05, 3.63) is 60.0 Å². The average molecular weight is 402 g/mol. The first-order valence-corrected chi connectivity index (χ1v) is 9.04. The molecule has 3 aromatic rings. The van der Waals surface area contributed by atoms with Gasteiger partial charge in [-0.3, -0.25) is 0 Å². The number of nitrogens with one attached hydrogen (secondary N) is 2. The Bertz CT molecular complexity index is 957. The Hall–Kier alpha value is -3.20. The number of pyridine rings is 1. The van der Waals surface area contributed by atoms with Crippen molar-refractivity contribution in [1.29, 1.82) is 0 Å². The molecule has 0 bridgehead atoms. The molecule has 9 heteroatoms. The van der Waals surface area contributed by atoms with E-state index in [0.717, 1.165) is 47.7 Å². The molecule has 152 valence electrons. The van der Waals surface area contributed by atoms with Gasteiger partial charge in [0.25, 0.3) is 0 Å². The minimum atomic E-state index is -4.53. The van der Waals surface area contributed by atoms with Gasteiger partial charge in [0.05, 0.1) is 0 Å². The average Bonchev–Trinajstić information content (AvgIpc) is 2.68. The fourth-order valence-corrected chi connectivity index (χ4v) is 2.72. The van der Waals surface area contributed by atoms with Crippen molar-refractivity contribution in [3.8, 4) is 11.1 Å². The van der Waals surface area contributed by atoms with E-state index in [1.165, 1.54) is 0 Å². The van der Waals surface area contributed by atoms with Gasteiger partial charge >= 0.3 is 6.18 Å². The highest BCUT2D eigenvalue weighted by Gasteiger charge is 2.32. The van der Waals surface area contributed by atoms with E-state index in [1.54, 1.807) is 6.20 Å². The summed E-state index contributed by atoms with van der Waals surface area (Å²) in [4.78, 5) is 11.8. The summed E-state index contributed by atoms with van der Waals surface area (Å²) in [5.74, 6) is 0.638. The fourth-order valence-electron chi connectivity index (χ4n) is 2.72. The number of alkyl halides is 3. The molecular weight excluding hydrogens is 381 g/mol. The quantitative estimate of drug-likeness (QED) is 0.509. The van der Waals surface area contributed by atoms with Gasteiger partial charge in [-0.05, 0) is 61.3 Å². The molecule has 0 aliphatic heterocycles. The Balaban J connectivity index is 1.80. The molecule has 0 fully saturated rings. The van der Waals surface area contributed by atoms with Crippen LogP contribution in [-0.2, 0) is 6.18 Å². The largest absolute Gasteiger partial charge is 0.433 e. The molecule has 29 heavy (non-hydrogen) atoms. The Morgan fingerprint density at radius 3 is 2.55 bits per heavy atom. The van der Waals surface area contributed by atoms with Crippen molar-refractivity contribution >= 4 is 17.5 Å². The van der Waals surface area contributed by atoms with Gasteiger partial charge in [-0.2, -0.15) is 13.2 Å². The first-order valence-electron chi connectivity index (χ1n) is 9.04. The molecule has 0 amide bonds. The number of rotatable bonds is 7. The van der Waals surface area contributed by atoms with E-state index in [-0.39, 0.29) is 5.95 Å². The number of nitrogens with zero attached hydrogens (tertiary/aromatic N) is 3. The lowest BCUT2D eigenvalue weighted by molar-refractivity contribution is -0.141. The second kappa shape index (κ2) is 8.87. The predicted molar refractivity (Wildman–Crippen MR) is 107 cm³/mol. The highest BCUT2D eigenvalue weighted by Crippen LogP contribution is 2.29. The number of aromatic nitrogens is 3. The summed E-state index contributed by atoms with van der Waals surface area (Å²) in [6, 6.07) is 10.2. The van der Waals surface area contributed by atoms with Crippen molar-refractivity contribution in [2.75, 3.05) is 23.7 Å². The van der Waals surface area contributed by atoms with Crippen LogP contribution in [-0.4, -0.2) is 28.0 Å². The molecule has 0 saturated heterocycles. The topological polar surface area (TPSA) is 88.8 Å². The summed E-state index contributed by atoms with van der Waals surface area (Å²) in [5.41, 5.74) is 7.76. The molecule has 3 rings (SSSR count). The lowest BCUT2D eigenvalue weighted by atomic mass is 10.0. The van der Waals surface area contributed by atoms with Gasteiger partial charge in [-0.15, -0.1) is 0 Å². The second-order valence-electron chi connectivity index (χ2n) is 6.48. The first kappa shape index (κ1) is 20.5. The Kier molecular flexibility index (Phi) is 6.28. The van der Waals surface area contributed by atoms with Gasteiger partial charge in [-0.1, -0.05) is 6.07 Å². The van der Waals surface area contributed by atoms with E-state index in [0.29, 0.717) is 12.2 Å². The van der Waals surface area contributed by atoms with Crippen molar-refractivity contribution in [2.24, 2.45) is 5.73 Å². The third-order valence-electron chi connectivity index (χ3n) is 4.06. The van der Waals surface area contributed by atoms with Gasteiger partial charge in [0.1, 0.15) is 11.5 Å². The van der Waals surface area contributed by atoms with Crippen molar-refractivity contribution in [1.82, 2.24) is 15.0 Å². The van der Waals surface area contributed by atoms with Crippen LogP contribution in [0.15, 0.2) is 48.8 Å². The summed E-state index contributed by atoms with van der Waals surface area (Å²) in [5, 5.41) is 6.03. The molecule has 2 aromatic heterocycles. The van der Waals surface area contributed by atoms with E-state index in [1.807, 2.05) is 37.3 Å². The number of benzene rings is 1. The maximum absolute atomic E-state index is 12.9. The van der Waals surface area contributed by atoms with Gasteiger partial charge in [0.2, 0.25) is 5.95 Å². The molecule has 0 saturated carbocycles. The summed E-state index contributed by atoms with van der Waals surface area (Å²) >= 11 is 0. The molecule has 0 atom stereocenters. The van der Waals surface area contributed by atoms with Crippen molar-refractivity contribution < 1.29 is 13.2 Å². The number of aryl methyl sites for hydroxylation is 1. The Labute approximate surface area is 166 Å². The van der Waals surface area contributed by atoms with E-state index in [4.69, 9.17) is 5.73 Å². The van der Waals surface area contributed by atoms with Crippen LogP contribution in [0.2, 0.25) is 0 Å². The maximum atomic E-state index is 12.9. The molecule has 1 aromatic carbocycles. The van der Waals surface area contributed by atoms with Crippen LogP contribution in [0.4, 0.5) is 30.6 Å².